The van der Waals surface area contributed by atoms with Crippen LogP contribution in [0.25, 0.3) is 17.2 Å². The third-order valence-corrected chi connectivity index (χ3v) is 5.94. The smallest absolute Gasteiger partial charge is 0.299 e. The van der Waals surface area contributed by atoms with Gasteiger partial charge in [-0.05, 0) is 43.2 Å². The minimum Gasteiger partial charge on any atom is -0.299 e. The van der Waals surface area contributed by atoms with Crippen LogP contribution in [0.5, 0.6) is 0 Å². The number of urea groups is 1. The van der Waals surface area contributed by atoms with Crippen molar-refractivity contribution < 1.29 is 4.79 Å². The number of carbonyl (C=O) groups excluding carboxylic acids is 1. The monoisotopic (exact) mass is 432 g/mol. The molecule has 156 valence electrons. The number of anilines is 2. The molecule has 4 aromatic rings. The molecule has 0 unspecified atom stereocenters. The second-order valence-corrected chi connectivity index (χ2v) is 8.22. The largest absolute Gasteiger partial charge is 0.325 e. The van der Waals surface area contributed by atoms with Gasteiger partial charge in [-0.2, -0.15) is 9.78 Å². The van der Waals surface area contributed by atoms with E-state index in [2.05, 4.69) is 25.7 Å². The van der Waals surface area contributed by atoms with Crippen molar-refractivity contribution in [2.75, 3.05) is 10.6 Å². The van der Waals surface area contributed by atoms with Gasteiger partial charge in [0.05, 0.1) is 16.4 Å². The highest BCUT2D eigenvalue weighted by atomic mass is 32.1. The molecule has 0 aliphatic heterocycles. The van der Waals surface area contributed by atoms with Crippen LogP contribution < -0.4 is 16.2 Å². The number of nitrogens with one attached hydrogen (secondary N) is 3. The van der Waals surface area contributed by atoms with E-state index in [1.165, 1.54) is 16.0 Å². The first-order valence-corrected chi connectivity index (χ1v) is 10.9. The Labute approximate surface area is 182 Å². The lowest BCUT2D eigenvalue weighted by Gasteiger charge is -2.15. The maximum Gasteiger partial charge on any atom is 0.325 e. The number of rotatable bonds is 4. The Kier molecular flexibility index (Phi) is 5.09. The summed E-state index contributed by atoms with van der Waals surface area (Å²) < 4.78 is 1.48. The van der Waals surface area contributed by atoms with Gasteiger partial charge in [0.2, 0.25) is 5.95 Å². The highest BCUT2D eigenvalue weighted by molar-refractivity contribution is 7.14. The van der Waals surface area contributed by atoms with E-state index in [4.69, 9.17) is 0 Å². The predicted molar refractivity (Wildman–Crippen MR) is 121 cm³/mol. The first kappa shape index (κ1) is 19.3. The summed E-state index contributed by atoms with van der Waals surface area (Å²) in [6.07, 6.45) is 3.50. The van der Waals surface area contributed by atoms with Gasteiger partial charge in [-0.15, -0.1) is 11.3 Å². The average Bonchev–Trinajstić information content (AvgIpc) is 3.44. The molecule has 1 aromatic carbocycles. The van der Waals surface area contributed by atoms with Gasteiger partial charge in [-0.25, -0.2) is 9.78 Å². The Morgan fingerprint density at radius 1 is 1.06 bits per heavy atom. The number of fused-ring (bicyclic) bond motifs is 1. The Morgan fingerprint density at radius 2 is 1.90 bits per heavy atom. The zero-order chi connectivity index (χ0) is 21.2. The number of hydrogen-bond donors (Lipinski definition) is 3. The number of nitrogens with zero attached hydrogens (tertiary/aromatic N) is 3. The summed E-state index contributed by atoms with van der Waals surface area (Å²) in [4.78, 5) is 32.7. The van der Waals surface area contributed by atoms with Crippen molar-refractivity contribution in [3.8, 4) is 17.2 Å². The molecule has 31 heavy (non-hydrogen) atoms. The normalized spacial score (nSPS) is 12.9. The standard InChI is InChI=1S/C22H20N6O2S/c29-20-15-9-4-5-10-16(15)23-21(26-20)28-18(24-22(30)25-19-11-6-12-31-19)13-17(27-28)14-7-2-1-3-8-14/h1-3,6-8,11-13H,4-5,9-10H2,(H,23,26,29)(H2,24,25,30). The van der Waals surface area contributed by atoms with E-state index in [0.29, 0.717) is 17.5 Å². The van der Waals surface area contributed by atoms with Crippen molar-refractivity contribution in [3.05, 3.63) is 75.5 Å². The summed E-state index contributed by atoms with van der Waals surface area (Å²) in [7, 11) is 0. The first-order chi connectivity index (χ1) is 15.2. The minimum absolute atomic E-state index is 0.148. The molecule has 3 heterocycles. The third-order valence-electron chi connectivity index (χ3n) is 5.16. The van der Waals surface area contributed by atoms with Crippen LogP contribution in [0.4, 0.5) is 15.6 Å². The van der Waals surface area contributed by atoms with E-state index in [-0.39, 0.29) is 5.56 Å². The van der Waals surface area contributed by atoms with E-state index < -0.39 is 6.03 Å². The zero-order valence-electron chi connectivity index (χ0n) is 16.6. The van der Waals surface area contributed by atoms with Crippen LogP contribution in [0, 0.1) is 0 Å². The number of aryl methyl sites for hydroxylation is 1. The minimum atomic E-state index is -0.400. The fraction of sp³-hybridized carbons (Fsp3) is 0.182. The quantitative estimate of drug-likeness (QED) is 0.449. The second-order valence-electron chi connectivity index (χ2n) is 7.27. The van der Waals surface area contributed by atoms with E-state index in [9.17, 15) is 9.59 Å². The maximum atomic E-state index is 12.6. The van der Waals surface area contributed by atoms with Crippen molar-refractivity contribution in [2.45, 2.75) is 25.7 Å². The van der Waals surface area contributed by atoms with Gasteiger partial charge in [0.25, 0.3) is 5.56 Å². The summed E-state index contributed by atoms with van der Waals surface area (Å²) in [6, 6.07) is 14.7. The Hall–Kier alpha value is -3.72. The number of benzene rings is 1. The predicted octanol–water partition coefficient (Wildman–Crippen LogP) is 4.21. The topological polar surface area (TPSA) is 105 Å². The molecule has 0 atom stereocenters. The number of thiophene rings is 1. The lowest BCUT2D eigenvalue weighted by Crippen LogP contribution is -2.25. The number of H-pyrrole nitrogens is 1. The van der Waals surface area contributed by atoms with Crippen molar-refractivity contribution in [2.24, 2.45) is 0 Å². The van der Waals surface area contributed by atoms with Crippen LogP contribution in [-0.2, 0) is 12.8 Å². The van der Waals surface area contributed by atoms with Crippen molar-refractivity contribution in [1.82, 2.24) is 19.7 Å². The number of hydrogen-bond acceptors (Lipinski definition) is 5. The van der Waals surface area contributed by atoms with Gasteiger partial charge in [0, 0.05) is 17.2 Å². The van der Waals surface area contributed by atoms with Crippen LogP contribution in [0.2, 0.25) is 0 Å². The van der Waals surface area contributed by atoms with E-state index in [1.54, 1.807) is 6.07 Å². The lowest BCUT2D eigenvalue weighted by molar-refractivity contribution is 0.262. The number of aromatic nitrogens is 4. The summed E-state index contributed by atoms with van der Waals surface area (Å²) in [5.41, 5.74) is 2.95. The van der Waals surface area contributed by atoms with Gasteiger partial charge in [-0.1, -0.05) is 30.3 Å². The molecule has 3 aromatic heterocycles. The van der Waals surface area contributed by atoms with Crippen LogP contribution >= 0.6 is 11.3 Å². The molecule has 0 fully saturated rings. The molecule has 1 aliphatic rings. The van der Waals surface area contributed by atoms with Crippen LogP contribution in [0.15, 0.2) is 58.7 Å². The highest BCUT2D eigenvalue weighted by Gasteiger charge is 2.20. The number of carbonyl (C=O) groups is 1. The van der Waals surface area contributed by atoms with E-state index >= 15 is 0 Å². The summed E-state index contributed by atoms with van der Waals surface area (Å²) >= 11 is 1.43. The van der Waals surface area contributed by atoms with E-state index in [1.807, 2.05) is 47.8 Å². The molecule has 0 saturated heterocycles. The van der Waals surface area contributed by atoms with Gasteiger partial charge in [-0.3, -0.25) is 20.4 Å². The Bertz CT molecular complexity index is 1280. The van der Waals surface area contributed by atoms with Gasteiger partial charge in [0.15, 0.2) is 0 Å². The fourth-order valence-corrected chi connectivity index (χ4v) is 4.29. The van der Waals surface area contributed by atoms with Crippen LogP contribution in [0.3, 0.4) is 0 Å². The van der Waals surface area contributed by atoms with Gasteiger partial charge in [0.1, 0.15) is 5.82 Å². The average molecular weight is 433 g/mol. The molecular weight excluding hydrogens is 412 g/mol. The van der Waals surface area contributed by atoms with Crippen LogP contribution in [0.1, 0.15) is 24.1 Å². The molecule has 1 aliphatic carbocycles. The molecule has 3 N–H and O–H groups in total. The van der Waals surface area contributed by atoms with Crippen molar-refractivity contribution in [1.29, 1.82) is 0 Å². The molecule has 0 radical (unpaired) electrons. The highest BCUT2D eigenvalue weighted by Crippen LogP contribution is 2.25. The summed E-state index contributed by atoms with van der Waals surface area (Å²) in [5, 5.41) is 12.9. The maximum absolute atomic E-state index is 12.6. The SMILES string of the molecule is O=C(Nc1cccs1)Nc1cc(-c2ccccc2)nn1-c1nc2c(c(=O)[nH]1)CCCC2. The third kappa shape index (κ3) is 3.99. The molecular formula is C22H20N6O2S. The Balaban J connectivity index is 1.55. The van der Waals surface area contributed by atoms with Gasteiger partial charge >= 0.3 is 6.03 Å². The molecule has 0 spiro atoms. The number of aromatic amines is 1. The van der Waals surface area contributed by atoms with E-state index in [0.717, 1.165) is 47.5 Å². The van der Waals surface area contributed by atoms with Crippen molar-refractivity contribution in [3.63, 3.8) is 0 Å². The first-order valence-electron chi connectivity index (χ1n) is 10.1. The molecule has 2 amide bonds. The van der Waals surface area contributed by atoms with Gasteiger partial charge < -0.3 is 0 Å². The molecule has 9 heteroatoms. The molecule has 0 saturated carbocycles. The molecule has 0 bridgehead atoms. The van der Waals surface area contributed by atoms with Crippen molar-refractivity contribution >= 4 is 28.2 Å². The fourth-order valence-electron chi connectivity index (χ4n) is 3.68. The Morgan fingerprint density at radius 3 is 2.71 bits per heavy atom. The zero-order valence-corrected chi connectivity index (χ0v) is 17.4. The molecule has 8 nitrogen and oxygen atoms in total. The number of amides is 2. The molecule has 5 rings (SSSR count). The lowest BCUT2D eigenvalue weighted by atomic mass is 9.97. The summed E-state index contributed by atoms with van der Waals surface area (Å²) in [5.74, 6) is 0.700. The van der Waals surface area contributed by atoms with Crippen LogP contribution in [-0.4, -0.2) is 25.8 Å². The second kappa shape index (κ2) is 8.19. The summed E-state index contributed by atoms with van der Waals surface area (Å²) in [6.45, 7) is 0.